The fourth-order valence-corrected chi connectivity index (χ4v) is 4.32. The van der Waals surface area contributed by atoms with Gasteiger partial charge >= 0.3 is 5.97 Å². The van der Waals surface area contributed by atoms with Crippen LogP contribution in [0.15, 0.2) is 72.8 Å². The number of anilines is 2. The number of rotatable bonds is 10. The minimum Gasteiger partial charge on any atom is -0.478 e. The number of carboxylic acid groups (broad SMARTS) is 1. The van der Waals surface area contributed by atoms with Gasteiger partial charge in [0.2, 0.25) is 0 Å². The second-order valence-corrected chi connectivity index (χ2v) is 8.34. The zero-order chi connectivity index (χ0) is 22.2. The molecule has 0 spiro atoms. The Hall–Kier alpha value is -2.96. The van der Waals surface area contributed by atoms with Gasteiger partial charge in [-0.05, 0) is 68.0 Å². The average Bonchev–Trinajstić information content (AvgIpc) is 2.76. The molecule has 1 atom stereocenters. The molecule has 0 radical (unpaired) electrons. The number of hydrogen-bond acceptors (Lipinski definition) is 2. The Balaban J connectivity index is 1.65. The van der Waals surface area contributed by atoms with Crippen LogP contribution in [0.25, 0.3) is 0 Å². The molecule has 2 N–H and O–H groups in total. The first kappa shape index (κ1) is 22.7. The first-order chi connectivity index (χ1) is 15.0. The molecule has 0 aliphatic carbocycles. The quantitative estimate of drug-likeness (QED) is 0.305. The Morgan fingerprint density at radius 3 is 2.06 bits per heavy atom. The molecule has 0 saturated carbocycles. The maximum Gasteiger partial charge on any atom is 0.335 e. The van der Waals surface area contributed by atoms with E-state index in [1.165, 1.54) is 4.31 Å². The Bertz CT molecular complexity index is 1050. The predicted molar refractivity (Wildman–Crippen MR) is 125 cm³/mol. The lowest BCUT2D eigenvalue weighted by molar-refractivity contribution is 0.0695. The third-order valence-electron chi connectivity index (χ3n) is 5.28. The van der Waals surface area contributed by atoms with E-state index in [4.69, 9.17) is 0 Å². The van der Waals surface area contributed by atoms with Crippen molar-refractivity contribution in [3.05, 3.63) is 95.1 Å². The average molecular weight is 438 g/mol. The number of carboxylic acids is 1. The molecule has 3 rings (SSSR count). The van der Waals surface area contributed by atoms with Gasteiger partial charge < -0.3 is 5.11 Å². The summed E-state index contributed by atoms with van der Waals surface area (Å²) in [5.41, 5.74) is 4.72. The molecule has 0 heterocycles. The SMILES string of the molecule is Cc1ccc(N(c2ccccc2CCCCCc2ccccc2C(=O)O)S(=O)O)cc1. The van der Waals surface area contributed by atoms with Gasteiger partial charge in [0, 0.05) is 0 Å². The van der Waals surface area contributed by atoms with E-state index in [-0.39, 0.29) is 0 Å². The molecule has 1 unspecified atom stereocenters. The van der Waals surface area contributed by atoms with Gasteiger partial charge in [0.15, 0.2) is 0 Å². The number of hydrogen-bond donors (Lipinski definition) is 2. The fraction of sp³-hybridized carbons (Fsp3) is 0.240. The lowest BCUT2D eigenvalue weighted by Crippen LogP contribution is -2.20. The summed E-state index contributed by atoms with van der Waals surface area (Å²) in [5.74, 6) is -0.891. The van der Waals surface area contributed by atoms with Crippen LogP contribution in [0.4, 0.5) is 11.4 Å². The molecule has 3 aromatic rings. The Kier molecular flexibility index (Phi) is 7.98. The van der Waals surface area contributed by atoms with E-state index in [0.29, 0.717) is 11.3 Å². The third kappa shape index (κ3) is 6.03. The lowest BCUT2D eigenvalue weighted by Gasteiger charge is -2.23. The molecule has 3 aromatic carbocycles. The number of benzene rings is 3. The number of aryl methyl sites for hydroxylation is 3. The Morgan fingerprint density at radius 1 is 0.839 bits per heavy atom. The van der Waals surface area contributed by atoms with Crippen LogP contribution < -0.4 is 4.31 Å². The van der Waals surface area contributed by atoms with Gasteiger partial charge in [-0.1, -0.05) is 60.5 Å². The maximum absolute atomic E-state index is 12.1. The second kappa shape index (κ2) is 10.9. The second-order valence-electron chi connectivity index (χ2n) is 7.51. The van der Waals surface area contributed by atoms with Crippen molar-refractivity contribution < 1.29 is 18.7 Å². The number of aromatic carboxylic acids is 1. The molecule has 6 heteroatoms. The van der Waals surface area contributed by atoms with Gasteiger partial charge in [0.05, 0.1) is 16.9 Å². The maximum atomic E-state index is 12.1. The van der Waals surface area contributed by atoms with Crippen molar-refractivity contribution in [3.63, 3.8) is 0 Å². The number of unbranched alkanes of at least 4 members (excludes halogenated alkanes) is 2. The molecule has 0 aromatic heterocycles. The van der Waals surface area contributed by atoms with Gasteiger partial charge in [-0.3, -0.25) is 4.55 Å². The van der Waals surface area contributed by atoms with Gasteiger partial charge in [0.1, 0.15) is 0 Å². The van der Waals surface area contributed by atoms with Gasteiger partial charge in [0.25, 0.3) is 11.3 Å². The van der Waals surface area contributed by atoms with Crippen molar-refractivity contribution in [2.45, 2.75) is 39.0 Å². The van der Waals surface area contributed by atoms with Crippen LogP contribution in [-0.2, 0) is 24.1 Å². The fourth-order valence-electron chi connectivity index (χ4n) is 3.67. The summed E-state index contributed by atoms with van der Waals surface area (Å²) >= 11 is -2.19. The molecule has 162 valence electrons. The van der Waals surface area contributed by atoms with Gasteiger partial charge in [-0.2, -0.15) is 0 Å². The van der Waals surface area contributed by atoms with Gasteiger partial charge in [-0.15, -0.1) is 0 Å². The zero-order valence-electron chi connectivity index (χ0n) is 17.5. The molecule has 5 nitrogen and oxygen atoms in total. The van der Waals surface area contributed by atoms with E-state index >= 15 is 0 Å². The summed E-state index contributed by atoms with van der Waals surface area (Å²) in [6.45, 7) is 1.98. The monoisotopic (exact) mass is 437 g/mol. The minimum absolute atomic E-state index is 0.368. The van der Waals surface area contributed by atoms with E-state index in [1.54, 1.807) is 12.1 Å². The standard InChI is InChI=1S/C25H27NO4S/c1-19-15-17-22(18-16-19)26(31(29)30)24-14-8-6-12-21(24)11-4-2-3-9-20-10-5-7-13-23(20)25(27)28/h5-8,10,12-18H,2-4,9,11H2,1H3,(H,27,28)(H,29,30). The summed E-state index contributed by atoms with van der Waals surface area (Å²) in [5, 5.41) is 9.30. The first-order valence-electron chi connectivity index (χ1n) is 10.3. The summed E-state index contributed by atoms with van der Waals surface area (Å²) in [4.78, 5) is 11.3. The van der Waals surface area contributed by atoms with Gasteiger partial charge in [-0.25, -0.2) is 13.3 Å². The van der Waals surface area contributed by atoms with Crippen LogP contribution in [0.2, 0.25) is 0 Å². The van der Waals surface area contributed by atoms with Crippen molar-refractivity contribution in [1.29, 1.82) is 0 Å². The molecule has 0 amide bonds. The van der Waals surface area contributed by atoms with Crippen LogP contribution in [0.1, 0.15) is 46.3 Å². The molecular formula is C25H27NO4S. The predicted octanol–water partition coefficient (Wildman–Crippen LogP) is 5.92. The van der Waals surface area contributed by atoms with Crippen LogP contribution >= 0.6 is 0 Å². The highest BCUT2D eigenvalue weighted by molar-refractivity contribution is 7.81. The van der Waals surface area contributed by atoms with E-state index in [0.717, 1.165) is 54.5 Å². The van der Waals surface area contributed by atoms with Crippen molar-refractivity contribution in [1.82, 2.24) is 0 Å². The minimum atomic E-state index is -2.19. The largest absolute Gasteiger partial charge is 0.478 e. The number of carbonyl (C=O) groups is 1. The van der Waals surface area contributed by atoms with E-state index in [2.05, 4.69) is 0 Å². The normalized spacial score (nSPS) is 11.8. The van der Waals surface area contributed by atoms with Crippen LogP contribution in [0.3, 0.4) is 0 Å². The van der Waals surface area contributed by atoms with Crippen molar-refractivity contribution >= 4 is 28.6 Å². The molecule has 0 aliphatic rings. The van der Waals surface area contributed by atoms with Crippen LogP contribution in [-0.4, -0.2) is 19.8 Å². The van der Waals surface area contributed by atoms with E-state index in [9.17, 15) is 18.7 Å². The summed E-state index contributed by atoms with van der Waals surface area (Å²) in [6.07, 6.45) is 4.23. The number of para-hydroxylation sites is 1. The van der Waals surface area contributed by atoms with Crippen molar-refractivity contribution in [2.75, 3.05) is 4.31 Å². The molecular weight excluding hydrogens is 410 g/mol. The topological polar surface area (TPSA) is 77.8 Å². The number of nitrogens with zero attached hydrogens (tertiary/aromatic N) is 1. The third-order valence-corrected chi connectivity index (χ3v) is 5.99. The van der Waals surface area contributed by atoms with E-state index < -0.39 is 17.2 Å². The highest BCUT2D eigenvalue weighted by atomic mass is 32.2. The molecule has 0 saturated heterocycles. The van der Waals surface area contributed by atoms with Crippen LogP contribution in [0.5, 0.6) is 0 Å². The highest BCUT2D eigenvalue weighted by Gasteiger charge is 2.18. The van der Waals surface area contributed by atoms with Crippen molar-refractivity contribution in [2.24, 2.45) is 0 Å². The summed E-state index contributed by atoms with van der Waals surface area (Å²) in [7, 11) is 0. The van der Waals surface area contributed by atoms with Crippen LogP contribution in [0, 0.1) is 6.92 Å². The Morgan fingerprint density at radius 2 is 1.42 bits per heavy atom. The highest BCUT2D eigenvalue weighted by Crippen LogP contribution is 2.31. The summed E-state index contributed by atoms with van der Waals surface area (Å²) < 4.78 is 23.6. The molecule has 0 aliphatic heterocycles. The Labute approximate surface area is 185 Å². The lowest BCUT2D eigenvalue weighted by atomic mass is 9.99. The van der Waals surface area contributed by atoms with E-state index in [1.807, 2.05) is 67.6 Å². The first-order valence-corrected chi connectivity index (χ1v) is 11.4. The van der Waals surface area contributed by atoms with Crippen molar-refractivity contribution in [3.8, 4) is 0 Å². The molecule has 0 bridgehead atoms. The summed E-state index contributed by atoms with van der Waals surface area (Å²) in [6, 6.07) is 22.3. The molecule has 0 fully saturated rings. The smallest absolute Gasteiger partial charge is 0.335 e. The zero-order valence-corrected chi connectivity index (χ0v) is 18.3. The molecule has 31 heavy (non-hydrogen) atoms.